The van der Waals surface area contributed by atoms with Crippen LogP contribution < -0.4 is 15.5 Å². The molecule has 1 aliphatic heterocycles. The van der Waals surface area contributed by atoms with Crippen LogP contribution in [0.3, 0.4) is 0 Å². The largest absolute Gasteiger partial charge is 0.368 e. The predicted molar refractivity (Wildman–Crippen MR) is 121 cm³/mol. The molecule has 1 fully saturated rings. The summed E-state index contributed by atoms with van der Waals surface area (Å²) in [6, 6.07) is 14.0. The maximum atomic E-state index is 12.9. The number of amides is 2. The van der Waals surface area contributed by atoms with Crippen molar-refractivity contribution >= 4 is 23.2 Å². The van der Waals surface area contributed by atoms with Crippen molar-refractivity contribution < 1.29 is 14.0 Å². The number of hydrogen-bond acceptors (Lipinski definition) is 4. The molecule has 2 aromatic carbocycles. The molecule has 0 unspecified atom stereocenters. The molecule has 2 amide bonds. The fourth-order valence-corrected chi connectivity index (χ4v) is 3.58. The Labute approximate surface area is 183 Å². The number of halogens is 1. The molecule has 1 heterocycles. The summed E-state index contributed by atoms with van der Waals surface area (Å²) in [5.41, 5.74) is 2.75. The van der Waals surface area contributed by atoms with E-state index in [1.54, 1.807) is 12.1 Å². The van der Waals surface area contributed by atoms with Crippen LogP contribution in [0.5, 0.6) is 0 Å². The van der Waals surface area contributed by atoms with Crippen molar-refractivity contribution in [1.29, 1.82) is 0 Å². The fraction of sp³-hybridized carbons (Fsp3) is 0.417. The Bertz CT molecular complexity index is 860. The smallest absolute Gasteiger partial charge is 0.238 e. The summed E-state index contributed by atoms with van der Waals surface area (Å²) < 4.78 is 12.9. The second-order valence-electron chi connectivity index (χ2n) is 8.29. The van der Waals surface area contributed by atoms with Gasteiger partial charge in [0.2, 0.25) is 11.8 Å². The van der Waals surface area contributed by atoms with E-state index in [-0.39, 0.29) is 24.2 Å². The topological polar surface area (TPSA) is 64.7 Å². The molecule has 2 N–H and O–H groups in total. The van der Waals surface area contributed by atoms with Crippen molar-refractivity contribution in [3.05, 3.63) is 59.9 Å². The van der Waals surface area contributed by atoms with Gasteiger partial charge in [-0.05, 0) is 47.9 Å². The highest BCUT2D eigenvalue weighted by atomic mass is 19.1. The monoisotopic (exact) mass is 426 g/mol. The van der Waals surface area contributed by atoms with Gasteiger partial charge in [0, 0.05) is 50.5 Å². The third-order valence-corrected chi connectivity index (χ3v) is 5.26. The van der Waals surface area contributed by atoms with Crippen LogP contribution in [0.15, 0.2) is 48.5 Å². The predicted octanol–water partition coefficient (Wildman–Crippen LogP) is 3.25. The van der Waals surface area contributed by atoms with Crippen LogP contribution in [-0.4, -0.2) is 49.4 Å². The first-order valence-corrected chi connectivity index (χ1v) is 10.8. The van der Waals surface area contributed by atoms with Gasteiger partial charge in [-0.3, -0.25) is 9.59 Å². The lowest BCUT2D eigenvalue weighted by atomic mass is 10.1. The Kier molecular flexibility index (Phi) is 8.00. The molecule has 7 heteroatoms. The molecule has 0 spiro atoms. The number of carbonyl (C=O) groups is 2. The van der Waals surface area contributed by atoms with E-state index >= 15 is 0 Å². The van der Waals surface area contributed by atoms with Crippen LogP contribution in [0.4, 0.5) is 15.8 Å². The van der Waals surface area contributed by atoms with Crippen molar-refractivity contribution in [3.8, 4) is 0 Å². The van der Waals surface area contributed by atoms with E-state index in [2.05, 4.69) is 29.4 Å². The summed E-state index contributed by atoms with van der Waals surface area (Å²) in [5.74, 6) is 0.214. The van der Waals surface area contributed by atoms with Crippen LogP contribution in [0.2, 0.25) is 0 Å². The lowest BCUT2D eigenvalue weighted by molar-refractivity contribution is -0.132. The molecule has 0 aliphatic carbocycles. The quantitative estimate of drug-likeness (QED) is 0.680. The van der Waals surface area contributed by atoms with Crippen molar-refractivity contribution in [1.82, 2.24) is 10.2 Å². The number of carbonyl (C=O) groups excluding carboxylic acids is 2. The van der Waals surface area contributed by atoms with E-state index in [4.69, 9.17) is 0 Å². The minimum Gasteiger partial charge on any atom is -0.368 e. The van der Waals surface area contributed by atoms with Crippen molar-refractivity contribution in [3.63, 3.8) is 0 Å². The van der Waals surface area contributed by atoms with Gasteiger partial charge in [0.1, 0.15) is 5.82 Å². The molecule has 0 atom stereocenters. The highest BCUT2D eigenvalue weighted by Crippen LogP contribution is 2.20. The van der Waals surface area contributed by atoms with Gasteiger partial charge in [-0.2, -0.15) is 0 Å². The van der Waals surface area contributed by atoms with Crippen LogP contribution in [0, 0.1) is 11.7 Å². The Morgan fingerprint density at radius 1 is 0.968 bits per heavy atom. The van der Waals surface area contributed by atoms with Crippen molar-refractivity contribution in [2.45, 2.75) is 26.8 Å². The summed E-state index contributed by atoms with van der Waals surface area (Å²) in [6.07, 6.45) is 0.604. The van der Waals surface area contributed by atoms with Crippen LogP contribution >= 0.6 is 0 Å². The van der Waals surface area contributed by atoms with E-state index in [0.717, 1.165) is 43.1 Å². The summed E-state index contributed by atoms with van der Waals surface area (Å²) >= 11 is 0. The molecule has 1 aliphatic rings. The average Bonchev–Trinajstić information content (AvgIpc) is 2.75. The molecular weight excluding hydrogens is 395 g/mol. The second-order valence-corrected chi connectivity index (χ2v) is 8.29. The van der Waals surface area contributed by atoms with Crippen LogP contribution in [0.25, 0.3) is 0 Å². The molecular formula is C24H31FN4O2. The van der Waals surface area contributed by atoms with E-state index in [1.807, 2.05) is 29.2 Å². The molecule has 31 heavy (non-hydrogen) atoms. The molecule has 0 saturated carbocycles. The Hall–Kier alpha value is -2.93. The van der Waals surface area contributed by atoms with Gasteiger partial charge in [-0.15, -0.1) is 0 Å². The van der Waals surface area contributed by atoms with Gasteiger partial charge in [-0.25, -0.2) is 4.39 Å². The molecule has 166 valence electrons. The second kappa shape index (κ2) is 10.9. The minimum atomic E-state index is -0.272. The SMILES string of the molecule is CC(C)CC(=O)N1CCN(c2ccc(NC(=O)CNCc3ccc(F)cc3)cc2)CC1. The van der Waals surface area contributed by atoms with E-state index in [0.29, 0.717) is 18.9 Å². The molecule has 0 radical (unpaired) electrons. The Balaban J connectivity index is 1.41. The van der Waals surface area contributed by atoms with Gasteiger partial charge in [-0.1, -0.05) is 26.0 Å². The number of piperazine rings is 1. The number of benzene rings is 2. The van der Waals surface area contributed by atoms with Gasteiger partial charge in [0.05, 0.1) is 6.54 Å². The van der Waals surface area contributed by atoms with Crippen LogP contribution in [-0.2, 0) is 16.1 Å². The summed E-state index contributed by atoms with van der Waals surface area (Å²) in [6.45, 7) is 7.90. The number of anilines is 2. The van der Waals surface area contributed by atoms with Crippen molar-refractivity contribution in [2.24, 2.45) is 5.92 Å². The molecule has 3 rings (SSSR count). The highest BCUT2D eigenvalue weighted by molar-refractivity contribution is 5.92. The standard InChI is InChI=1S/C24H31FN4O2/c1-18(2)15-24(31)29-13-11-28(12-14-29)22-9-7-21(8-10-22)27-23(30)17-26-16-19-3-5-20(25)6-4-19/h3-10,18,26H,11-17H2,1-2H3,(H,27,30). The first-order chi connectivity index (χ1) is 14.9. The van der Waals surface area contributed by atoms with Gasteiger partial charge in [0.25, 0.3) is 0 Å². The van der Waals surface area contributed by atoms with Gasteiger partial charge in [0.15, 0.2) is 0 Å². The first kappa shape index (κ1) is 22.7. The maximum Gasteiger partial charge on any atom is 0.238 e. The number of hydrogen-bond donors (Lipinski definition) is 2. The maximum absolute atomic E-state index is 12.9. The molecule has 6 nitrogen and oxygen atoms in total. The summed E-state index contributed by atoms with van der Waals surface area (Å²) in [5, 5.41) is 5.93. The zero-order valence-corrected chi connectivity index (χ0v) is 18.2. The Morgan fingerprint density at radius 2 is 1.61 bits per heavy atom. The van der Waals surface area contributed by atoms with Gasteiger partial charge < -0.3 is 20.4 Å². The normalized spacial score (nSPS) is 14.1. The van der Waals surface area contributed by atoms with Crippen LogP contribution in [0.1, 0.15) is 25.8 Å². The number of nitrogens with one attached hydrogen (secondary N) is 2. The summed E-state index contributed by atoms with van der Waals surface area (Å²) in [4.78, 5) is 28.6. The molecule has 1 saturated heterocycles. The highest BCUT2D eigenvalue weighted by Gasteiger charge is 2.21. The third-order valence-electron chi connectivity index (χ3n) is 5.26. The number of nitrogens with zero attached hydrogens (tertiary/aromatic N) is 2. The van der Waals surface area contributed by atoms with E-state index in [1.165, 1.54) is 12.1 Å². The Morgan fingerprint density at radius 3 is 2.23 bits per heavy atom. The lowest BCUT2D eigenvalue weighted by Gasteiger charge is -2.36. The molecule has 2 aromatic rings. The molecule has 0 aromatic heterocycles. The fourth-order valence-electron chi connectivity index (χ4n) is 3.58. The number of rotatable bonds is 8. The molecule has 0 bridgehead atoms. The minimum absolute atomic E-state index is 0.132. The average molecular weight is 427 g/mol. The zero-order chi connectivity index (χ0) is 22.2. The first-order valence-electron chi connectivity index (χ1n) is 10.8. The van der Waals surface area contributed by atoms with E-state index in [9.17, 15) is 14.0 Å². The lowest BCUT2D eigenvalue weighted by Crippen LogP contribution is -2.49. The summed E-state index contributed by atoms with van der Waals surface area (Å²) in [7, 11) is 0. The zero-order valence-electron chi connectivity index (χ0n) is 18.2. The van der Waals surface area contributed by atoms with Gasteiger partial charge >= 0.3 is 0 Å². The van der Waals surface area contributed by atoms with E-state index < -0.39 is 0 Å². The third kappa shape index (κ3) is 7.07. The van der Waals surface area contributed by atoms with Crippen molar-refractivity contribution in [2.75, 3.05) is 42.9 Å².